The summed E-state index contributed by atoms with van der Waals surface area (Å²) in [4.78, 5) is 0. The fourth-order valence-electron chi connectivity index (χ4n) is 0.848. The van der Waals surface area contributed by atoms with Crippen LogP contribution >= 0.6 is 0 Å². The van der Waals surface area contributed by atoms with E-state index in [1.165, 1.54) is 26.4 Å². The number of rotatable bonds is 4. The number of hydrogen-bond acceptors (Lipinski definition) is 3. The molecule has 0 heterocycles. The Labute approximate surface area is 76.0 Å². The summed E-state index contributed by atoms with van der Waals surface area (Å²) >= 11 is 0. The average molecular weight is 186 g/mol. The molecule has 1 aromatic rings. The number of ether oxygens (including phenoxy) is 3. The highest BCUT2D eigenvalue weighted by Gasteiger charge is 2.03. The van der Waals surface area contributed by atoms with Gasteiger partial charge in [0.15, 0.2) is 18.4 Å². The smallest absolute Gasteiger partial charge is 0.188 e. The van der Waals surface area contributed by atoms with E-state index in [1.807, 2.05) is 0 Å². The minimum Gasteiger partial charge on any atom is -0.497 e. The highest BCUT2D eigenvalue weighted by Crippen LogP contribution is 2.22. The van der Waals surface area contributed by atoms with E-state index in [4.69, 9.17) is 9.47 Å². The molecule has 1 aromatic carbocycles. The summed E-state index contributed by atoms with van der Waals surface area (Å²) in [6.45, 7) is 0.0310. The van der Waals surface area contributed by atoms with E-state index in [0.717, 1.165) is 0 Å². The Morgan fingerprint density at radius 1 is 1.31 bits per heavy atom. The molecular formula is C9H11FO3. The zero-order valence-corrected chi connectivity index (χ0v) is 7.54. The summed E-state index contributed by atoms with van der Waals surface area (Å²) in [5.41, 5.74) is 0. The van der Waals surface area contributed by atoms with Crippen LogP contribution in [0.25, 0.3) is 0 Å². The minimum absolute atomic E-state index is 0.0310. The number of hydrogen-bond donors (Lipinski definition) is 0. The van der Waals surface area contributed by atoms with E-state index in [2.05, 4.69) is 4.74 Å². The van der Waals surface area contributed by atoms with Crippen molar-refractivity contribution in [1.29, 1.82) is 0 Å². The van der Waals surface area contributed by atoms with Gasteiger partial charge in [0.1, 0.15) is 5.75 Å². The Bertz CT molecular complexity index is 276. The molecule has 0 N–H and O–H groups in total. The van der Waals surface area contributed by atoms with Gasteiger partial charge >= 0.3 is 0 Å². The maximum atomic E-state index is 13.1. The standard InChI is InChI=1S/C9H11FO3/c1-11-6-13-9-4-3-7(12-2)5-8(9)10/h3-5H,6H2,1-2H3. The molecule has 0 unspecified atom stereocenters. The molecule has 0 amide bonds. The summed E-state index contributed by atoms with van der Waals surface area (Å²) in [5, 5.41) is 0. The monoisotopic (exact) mass is 186 g/mol. The maximum Gasteiger partial charge on any atom is 0.188 e. The Morgan fingerprint density at radius 2 is 2.08 bits per heavy atom. The molecule has 72 valence electrons. The molecule has 0 aliphatic carbocycles. The minimum atomic E-state index is -0.462. The predicted octanol–water partition coefficient (Wildman–Crippen LogP) is 1.82. The molecule has 4 heteroatoms. The third-order valence-corrected chi connectivity index (χ3v) is 1.47. The zero-order chi connectivity index (χ0) is 9.68. The summed E-state index contributed by atoms with van der Waals surface area (Å²) in [5.74, 6) is 0.154. The second-order valence-electron chi connectivity index (χ2n) is 2.35. The first kappa shape index (κ1) is 9.80. The van der Waals surface area contributed by atoms with Crippen molar-refractivity contribution in [2.24, 2.45) is 0 Å². The van der Waals surface area contributed by atoms with Crippen molar-refractivity contribution < 1.29 is 18.6 Å². The second kappa shape index (κ2) is 4.67. The van der Waals surface area contributed by atoms with Crippen LogP contribution in [-0.2, 0) is 4.74 Å². The van der Waals surface area contributed by atoms with Crippen LogP contribution in [0, 0.1) is 5.82 Å². The van der Waals surface area contributed by atoms with Crippen LogP contribution in [0.2, 0.25) is 0 Å². The molecule has 0 radical (unpaired) electrons. The molecule has 0 bridgehead atoms. The Hall–Kier alpha value is -1.29. The third kappa shape index (κ3) is 2.59. The lowest BCUT2D eigenvalue weighted by Crippen LogP contribution is -2.00. The highest BCUT2D eigenvalue weighted by atomic mass is 19.1. The van der Waals surface area contributed by atoms with E-state index in [-0.39, 0.29) is 12.5 Å². The topological polar surface area (TPSA) is 27.7 Å². The van der Waals surface area contributed by atoms with Gasteiger partial charge in [0.05, 0.1) is 7.11 Å². The Morgan fingerprint density at radius 3 is 2.62 bits per heavy atom. The van der Waals surface area contributed by atoms with Crippen LogP contribution < -0.4 is 9.47 Å². The van der Waals surface area contributed by atoms with Crippen molar-refractivity contribution in [3.63, 3.8) is 0 Å². The SMILES string of the molecule is COCOc1ccc(OC)cc1F. The van der Waals surface area contributed by atoms with Crippen molar-refractivity contribution in [2.45, 2.75) is 0 Å². The maximum absolute atomic E-state index is 13.1. The van der Waals surface area contributed by atoms with Crippen molar-refractivity contribution >= 4 is 0 Å². The molecule has 0 aliphatic rings. The van der Waals surface area contributed by atoms with Crippen molar-refractivity contribution in [1.82, 2.24) is 0 Å². The fourth-order valence-corrected chi connectivity index (χ4v) is 0.848. The molecule has 0 aromatic heterocycles. The van der Waals surface area contributed by atoms with Crippen LogP contribution in [0.3, 0.4) is 0 Å². The van der Waals surface area contributed by atoms with Crippen LogP contribution in [0.5, 0.6) is 11.5 Å². The Balaban J connectivity index is 2.73. The molecule has 0 spiro atoms. The number of benzene rings is 1. The normalized spacial score (nSPS) is 9.77. The third-order valence-electron chi connectivity index (χ3n) is 1.47. The Kier molecular flexibility index (Phi) is 3.52. The second-order valence-corrected chi connectivity index (χ2v) is 2.35. The number of methoxy groups -OCH3 is 2. The first-order valence-electron chi connectivity index (χ1n) is 3.73. The molecule has 1 rings (SSSR count). The molecule has 0 atom stereocenters. The van der Waals surface area contributed by atoms with Gasteiger partial charge in [0, 0.05) is 13.2 Å². The molecule has 3 nitrogen and oxygen atoms in total. The van der Waals surface area contributed by atoms with Gasteiger partial charge in [-0.1, -0.05) is 0 Å². The predicted molar refractivity (Wildman–Crippen MR) is 45.5 cm³/mol. The quantitative estimate of drug-likeness (QED) is 0.671. The van der Waals surface area contributed by atoms with E-state index < -0.39 is 5.82 Å². The first-order valence-corrected chi connectivity index (χ1v) is 3.73. The van der Waals surface area contributed by atoms with Crippen LogP contribution in [0.1, 0.15) is 0 Å². The molecule has 0 saturated carbocycles. The van der Waals surface area contributed by atoms with E-state index >= 15 is 0 Å². The summed E-state index contributed by atoms with van der Waals surface area (Å²) in [6.07, 6.45) is 0. The summed E-state index contributed by atoms with van der Waals surface area (Å²) < 4.78 is 27.5. The average Bonchev–Trinajstić information content (AvgIpc) is 2.16. The first-order chi connectivity index (χ1) is 6.27. The summed E-state index contributed by atoms with van der Waals surface area (Å²) in [7, 11) is 2.95. The fraction of sp³-hybridized carbons (Fsp3) is 0.333. The largest absolute Gasteiger partial charge is 0.497 e. The van der Waals surface area contributed by atoms with E-state index in [9.17, 15) is 4.39 Å². The lowest BCUT2D eigenvalue weighted by Gasteiger charge is -2.06. The molecular weight excluding hydrogens is 175 g/mol. The van der Waals surface area contributed by atoms with E-state index in [1.54, 1.807) is 6.07 Å². The van der Waals surface area contributed by atoms with Gasteiger partial charge in [-0.3, -0.25) is 0 Å². The lowest BCUT2D eigenvalue weighted by atomic mass is 10.3. The molecule has 0 fully saturated rings. The van der Waals surface area contributed by atoms with Crippen molar-refractivity contribution in [3.8, 4) is 11.5 Å². The van der Waals surface area contributed by atoms with Gasteiger partial charge in [0.25, 0.3) is 0 Å². The lowest BCUT2D eigenvalue weighted by molar-refractivity contribution is 0.0482. The van der Waals surface area contributed by atoms with Crippen LogP contribution in [0.4, 0.5) is 4.39 Å². The highest BCUT2D eigenvalue weighted by molar-refractivity contribution is 5.32. The van der Waals surface area contributed by atoms with Gasteiger partial charge in [-0.05, 0) is 12.1 Å². The van der Waals surface area contributed by atoms with Crippen LogP contribution in [0.15, 0.2) is 18.2 Å². The zero-order valence-electron chi connectivity index (χ0n) is 7.54. The number of halogens is 1. The van der Waals surface area contributed by atoms with Gasteiger partial charge in [0.2, 0.25) is 0 Å². The molecule has 0 aliphatic heterocycles. The van der Waals surface area contributed by atoms with Gasteiger partial charge < -0.3 is 14.2 Å². The summed E-state index contributed by atoms with van der Waals surface area (Å²) in [6, 6.07) is 4.37. The van der Waals surface area contributed by atoms with Crippen LogP contribution in [-0.4, -0.2) is 21.0 Å². The van der Waals surface area contributed by atoms with Crippen molar-refractivity contribution in [2.75, 3.05) is 21.0 Å². The van der Waals surface area contributed by atoms with Gasteiger partial charge in [-0.15, -0.1) is 0 Å². The molecule has 13 heavy (non-hydrogen) atoms. The molecule has 0 saturated heterocycles. The van der Waals surface area contributed by atoms with Crippen molar-refractivity contribution in [3.05, 3.63) is 24.0 Å². The van der Waals surface area contributed by atoms with Gasteiger partial charge in [-0.25, -0.2) is 4.39 Å². The van der Waals surface area contributed by atoms with Gasteiger partial charge in [-0.2, -0.15) is 0 Å². The van der Waals surface area contributed by atoms with E-state index in [0.29, 0.717) is 5.75 Å².